The van der Waals surface area contributed by atoms with Crippen molar-refractivity contribution in [1.29, 1.82) is 0 Å². The maximum absolute atomic E-state index is 13.2. The summed E-state index contributed by atoms with van der Waals surface area (Å²) in [6.07, 6.45) is 5.79. The molecule has 0 aromatic rings. The summed E-state index contributed by atoms with van der Waals surface area (Å²) in [6.45, 7) is 8.29. The van der Waals surface area contributed by atoms with E-state index in [2.05, 4.69) is 6.92 Å². The average molecular weight is 391 g/mol. The van der Waals surface area contributed by atoms with Gasteiger partial charge in [0.05, 0.1) is 18.3 Å². The molecule has 1 aliphatic heterocycles. The van der Waals surface area contributed by atoms with Crippen molar-refractivity contribution in [2.75, 3.05) is 6.61 Å². The summed E-state index contributed by atoms with van der Waals surface area (Å²) in [7, 11) is 0. The van der Waals surface area contributed by atoms with Crippen LogP contribution in [-0.4, -0.2) is 35.2 Å². The standard InChI is InChI=1S/C23H34O5/c1-13-7-8-23(26)11-16-9-15(10-19-17(16)12-27-19)5-6-18(25)21(28-14(2)24)20(13)22(23,3)4/h13,15-17,19,26H,5-12H2,1-4H3/b21-20+. The van der Waals surface area contributed by atoms with E-state index in [0.717, 1.165) is 44.3 Å². The minimum Gasteiger partial charge on any atom is -0.423 e. The van der Waals surface area contributed by atoms with Crippen molar-refractivity contribution in [1.82, 2.24) is 0 Å². The highest BCUT2D eigenvalue weighted by atomic mass is 16.5. The van der Waals surface area contributed by atoms with E-state index in [4.69, 9.17) is 9.47 Å². The number of ether oxygens (including phenoxy) is 2. The van der Waals surface area contributed by atoms with Gasteiger partial charge in [0, 0.05) is 24.7 Å². The lowest BCUT2D eigenvalue weighted by Gasteiger charge is -2.55. The molecule has 4 aliphatic rings. The molecule has 3 aliphatic carbocycles. The quantitative estimate of drug-likeness (QED) is 0.690. The van der Waals surface area contributed by atoms with Crippen LogP contribution in [0.5, 0.6) is 0 Å². The van der Waals surface area contributed by atoms with Gasteiger partial charge in [0.15, 0.2) is 11.5 Å². The smallest absolute Gasteiger partial charge is 0.308 e. The molecule has 28 heavy (non-hydrogen) atoms. The van der Waals surface area contributed by atoms with Gasteiger partial charge in [-0.25, -0.2) is 0 Å². The SMILES string of the molecule is CC(=O)O/C1=C2\C(C)CCC(O)(CC3CC(CCC1=O)CC1OCC31)C2(C)C. The zero-order chi connectivity index (χ0) is 20.3. The lowest BCUT2D eigenvalue weighted by molar-refractivity contribution is -0.189. The molecule has 4 rings (SSSR count). The molecule has 6 atom stereocenters. The third-order valence-electron chi connectivity index (χ3n) is 8.23. The van der Waals surface area contributed by atoms with Crippen molar-refractivity contribution in [2.24, 2.45) is 29.1 Å². The number of fused-ring (bicyclic) bond motifs is 6. The van der Waals surface area contributed by atoms with Gasteiger partial charge < -0.3 is 14.6 Å². The van der Waals surface area contributed by atoms with Crippen LogP contribution in [0.25, 0.3) is 0 Å². The molecule has 2 saturated carbocycles. The molecule has 0 spiro atoms. The number of ketones is 1. The maximum atomic E-state index is 13.2. The van der Waals surface area contributed by atoms with Gasteiger partial charge in [0.25, 0.3) is 0 Å². The lowest BCUT2D eigenvalue weighted by Crippen LogP contribution is -2.56. The predicted molar refractivity (Wildman–Crippen MR) is 104 cm³/mol. The van der Waals surface area contributed by atoms with Crippen molar-refractivity contribution in [3.05, 3.63) is 11.3 Å². The Balaban J connectivity index is 1.81. The van der Waals surface area contributed by atoms with Crippen molar-refractivity contribution in [2.45, 2.75) is 84.3 Å². The Bertz CT molecular complexity index is 708. The highest BCUT2D eigenvalue weighted by molar-refractivity contribution is 5.96. The minimum atomic E-state index is -0.905. The summed E-state index contributed by atoms with van der Waals surface area (Å²) in [4.78, 5) is 25.0. The normalized spacial score (nSPS) is 45.3. The Hall–Kier alpha value is -1.20. The van der Waals surface area contributed by atoms with Crippen molar-refractivity contribution < 1.29 is 24.2 Å². The number of carbonyl (C=O) groups excluding carboxylic acids is 2. The van der Waals surface area contributed by atoms with Crippen LogP contribution >= 0.6 is 0 Å². The predicted octanol–water partition coefficient (Wildman–Crippen LogP) is 3.79. The highest BCUT2D eigenvalue weighted by Crippen LogP contribution is 2.57. The molecule has 3 fully saturated rings. The molecular weight excluding hydrogens is 356 g/mol. The first-order valence-electron chi connectivity index (χ1n) is 10.9. The second-order valence-electron chi connectivity index (χ2n) is 10.2. The highest BCUT2D eigenvalue weighted by Gasteiger charge is 2.56. The molecule has 1 saturated heterocycles. The Labute approximate surface area is 167 Å². The van der Waals surface area contributed by atoms with Crippen LogP contribution in [0.15, 0.2) is 11.3 Å². The number of hydrogen-bond donors (Lipinski definition) is 1. The van der Waals surface area contributed by atoms with Gasteiger partial charge in [-0.15, -0.1) is 0 Å². The summed E-state index contributed by atoms with van der Waals surface area (Å²) in [5.74, 6) is 1.15. The largest absolute Gasteiger partial charge is 0.423 e. The van der Waals surface area contributed by atoms with E-state index in [-0.39, 0.29) is 23.6 Å². The molecule has 5 nitrogen and oxygen atoms in total. The molecule has 156 valence electrons. The van der Waals surface area contributed by atoms with Crippen molar-refractivity contribution in [3.8, 4) is 0 Å². The van der Waals surface area contributed by atoms with Gasteiger partial charge in [0.1, 0.15) is 0 Å². The number of Topliss-reactive ketones (excluding diaryl/α,β-unsaturated/α-hetero) is 1. The maximum Gasteiger partial charge on any atom is 0.308 e. The summed E-state index contributed by atoms with van der Waals surface area (Å²) < 4.78 is 11.4. The Morgan fingerprint density at radius 2 is 2.00 bits per heavy atom. The van der Waals surface area contributed by atoms with Crippen LogP contribution in [0.1, 0.15) is 72.6 Å². The molecule has 1 N–H and O–H groups in total. The molecule has 6 unspecified atom stereocenters. The number of esters is 1. The van der Waals surface area contributed by atoms with E-state index in [1.807, 2.05) is 13.8 Å². The molecule has 0 aromatic carbocycles. The molecule has 0 aromatic heterocycles. The number of aliphatic hydroxyl groups is 1. The summed E-state index contributed by atoms with van der Waals surface area (Å²) in [5.41, 5.74) is -0.695. The number of allylic oxidation sites excluding steroid dienone is 1. The molecule has 0 amide bonds. The monoisotopic (exact) mass is 390 g/mol. The third kappa shape index (κ3) is 3.15. The van der Waals surface area contributed by atoms with E-state index >= 15 is 0 Å². The molecule has 4 bridgehead atoms. The van der Waals surface area contributed by atoms with Gasteiger partial charge in [0.2, 0.25) is 0 Å². The molecule has 0 radical (unpaired) electrons. The van der Waals surface area contributed by atoms with Crippen LogP contribution in [-0.2, 0) is 19.1 Å². The summed E-state index contributed by atoms with van der Waals surface area (Å²) in [5, 5.41) is 11.9. The van der Waals surface area contributed by atoms with Gasteiger partial charge in [-0.1, -0.05) is 20.8 Å². The molecule has 5 heteroatoms. The Kier molecular flexibility index (Phi) is 4.98. The van der Waals surface area contributed by atoms with Gasteiger partial charge in [-0.05, 0) is 61.9 Å². The van der Waals surface area contributed by atoms with E-state index in [1.165, 1.54) is 6.92 Å². The minimum absolute atomic E-state index is 0.0931. The van der Waals surface area contributed by atoms with E-state index in [1.54, 1.807) is 0 Å². The second-order valence-corrected chi connectivity index (χ2v) is 10.2. The zero-order valence-corrected chi connectivity index (χ0v) is 17.6. The van der Waals surface area contributed by atoms with Gasteiger partial charge in [-0.3, -0.25) is 9.59 Å². The fourth-order valence-electron chi connectivity index (χ4n) is 6.46. The second kappa shape index (κ2) is 6.94. The van der Waals surface area contributed by atoms with Crippen LogP contribution in [0.4, 0.5) is 0 Å². The van der Waals surface area contributed by atoms with Gasteiger partial charge >= 0.3 is 5.97 Å². The Morgan fingerprint density at radius 1 is 1.25 bits per heavy atom. The van der Waals surface area contributed by atoms with Crippen molar-refractivity contribution in [3.63, 3.8) is 0 Å². The summed E-state index contributed by atoms with van der Waals surface area (Å²) >= 11 is 0. The van der Waals surface area contributed by atoms with Gasteiger partial charge in [-0.2, -0.15) is 0 Å². The summed E-state index contributed by atoms with van der Waals surface area (Å²) in [6, 6.07) is 0. The lowest BCUT2D eigenvalue weighted by atomic mass is 9.55. The van der Waals surface area contributed by atoms with Crippen LogP contribution in [0.2, 0.25) is 0 Å². The fraction of sp³-hybridized carbons (Fsp3) is 0.826. The van der Waals surface area contributed by atoms with Crippen LogP contribution < -0.4 is 0 Å². The number of hydrogen-bond acceptors (Lipinski definition) is 5. The third-order valence-corrected chi connectivity index (χ3v) is 8.23. The van der Waals surface area contributed by atoms with E-state index in [9.17, 15) is 14.7 Å². The Morgan fingerprint density at radius 3 is 2.64 bits per heavy atom. The van der Waals surface area contributed by atoms with E-state index < -0.39 is 17.0 Å². The number of rotatable bonds is 1. The fourth-order valence-corrected chi connectivity index (χ4v) is 6.46. The number of carbonyl (C=O) groups is 2. The topological polar surface area (TPSA) is 72.8 Å². The van der Waals surface area contributed by atoms with Crippen LogP contribution in [0, 0.1) is 29.1 Å². The molecular formula is C23H34O5. The average Bonchev–Trinajstić information content (AvgIpc) is 2.57. The molecule has 1 heterocycles. The first kappa shape index (κ1) is 20.1. The first-order chi connectivity index (χ1) is 13.1. The zero-order valence-electron chi connectivity index (χ0n) is 17.6. The van der Waals surface area contributed by atoms with Crippen molar-refractivity contribution >= 4 is 11.8 Å². The van der Waals surface area contributed by atoms with Crippen LogP contribution in [0.3, 0.4) is 0 Å². The first-order valence-corrected chi connectivity index (χ1v) is 10.9. The van der Waals surface area contributed by atoms with E-state index in [0.29, 0.717) is 30.6 Å².